The van der Waals surface area contributed by atoms with Crippen molar-refractivity contribution in [1.29, 1.82) is 0 Å². The summed E-state index contributed by atoms with van der Waals surface area (Å²) in [5, 5.41) is 0. The lowest BCUT2D eigenvalue weighted by Gasteiger charge is -2.19. The Morgan fingerprint density at radius 1 is 0.967 bits per heavy atom. The number of unbranched alkanes of at least 4 members (excludes halogenated alkanes) is 5. The van der Waals surface area contributed by atoms with Crippen LogP contribution in [-0.2, 0) is 24.9 Å². The molecule has 0 N–H and O–H groups in total. The predicted molar refractivity (Wildman–Crippen MR) is 120 cm³/mol. The van der Waals surface area contributed by atoms with Gasteiger partial charge in [-0.05, 0) is 41.4 Å². The molecule has 3 atom stereocenters. The van der Waals surface area contributed by atoms with E-state index in [-0.39, 0.29) is 11.0 Å². The molecule has 1 fully saturated rings. The average Bonchev–Trinajstić information content (AvgIpc) is 3.52. The Hall–Kier alpha value is -1.54. The van der Waals surface area contributed by atoms with Gasteiger partial charge in [-0.15, -0.1) is 0 Å². The van der Waals surface area contributed by atoms with E-state index in [1.807, 2.05) is 6.92 Å². The topological polar surface area (TPSA) is 82.1 Å². The van der Waals surface area contributed by atoms with Crippen LogP contribution in [0, 0.1) is 6.92 Å². The van der Waals surface area contributed by atoms with E-state index in [1.165, 1.54) is 37.8 Å². The second-order valence-electron chi connectivity index (χ2n) is 7.84. The number of ether oxygens (including phenoxy) is 1. The fourth-order valence-corrected chi connectivity index (χ4v) is 7.80. The number of nitrogens with zero attached hydrogens (tertiary/aromatic N) is 1. The fourth-order valence-electron chi connectivity index (χ4n) is 3.47. The van der Waals surface area contributed by atoms with Crippen molar-refractivity contribution in [2.75, 3.05) is 0 Å². The lowest BCUT2D eigenvalue weighted by Crippen LogP contribution is -2.22. The number of rotatable bonds is 11. The predicted octanol–water partition coefficient (Wildman–Crippen LogP) is 5.69. The van der Waals surface area contributed by atoms with Gasteiger partial charge in [0.05, 0.1) is 4.90 Å². The summed E-state index contributed by atoms with van der Waals surface area (Å²) >= 11 is 0. The van der Waals surface area contributed by atoms with Crippen molar-refractivity contribution in [2.24, 2.45) is 3.77 Å². The highest BCUT2D eigenvalue weighted by Gasteiger charge is 2.53. The van der Waals surface area contributed by atoms with Crippen LogP contribution >= 0.6 is 0 Å². The quantitative estimate of drug-likeness (QED) is 0.251. The second-order valence-corrected chi connectivity index (χ2v) is 11.9. The number of hydrogen-bond acceptors (Lipinski definition) is 4. The SMILES string of the molecule is CCCCCCCC[C@@H]1O[C@H]1[S+]([O-])(=NS(=O)(=O)c1ccc(C)cc1)c1ccccc1. The molecule has 3 rings (SSSR count). The monoisotopic (exact) mass is 449 g/mol. The van der Waals surface area contributed by atoms with Crippen molar-refractivity contribution >= 4 is 20.1 Å². The molecule has 1 saturated heterocycles. The van der Waals surface area contributed by atoms with E-state index in [9.17, 15) is 13.0 Å². The van der Waals surface area contributed by atoms with Crippen molar-refractivity contribution in [3.63, 3.8) is 0 Å². The maximum absolute atomic E-state index is 13.9. The van der Waals surface area contributed by atoms with Crippen molar-refractivity contribution in [1.82, 2.24) is 0 Å². The van der Waals surface area contributed by atoms with Gasteiger partial charge in [0, 0.05) is 10.1 Å². The molecule has 1 aliphatic rings. The van der Waals surface area contributed by atoms with Crippen LogP contribution < -0.4 is 0 Å². The Labute approximate surface area is 181 Å². The van der Waals surface area contributed by atoms with E-state index in [4.69, 9.17) is 4.74 Å². The minimum Gasteiger partial charge on any atom is -0.623 e. The molecule has 5 nitrogen and oxygen atoms in total. The lowest BCUT2D eigenvalue weighted by molar-refractivity contribution is 0.375. The molecule has 1 aliphatic heterocycles. The zero-order chi connectivity index (χ0) is 21.6. The molecular weight excluding hydrogens is 418 g/mol. The second kappa shape index (κ2) is 10.2. The van der Waals surface area contributed by atoms with Crippen LogP contribution in [0.3, 0.4) is 0 Å². The molecule has 164 valence electrons. The maximum atomic E-state index is 13.9. The fraction of sp³-hybridized carbons (Fsp3) is 0.478. The number of benzene rings is 2. The molecule has 2 aromatic rings. The third-order valence-corrected chi connectivity index (χ3v) is 9.83. The molecule has 30 heavy (non-hydrogen) atoms. The first-order valence-electron chi connectivity index (χ1n) is 10.7. The molecule has 0 radical (unpaired) electrons. The van der Waals surface area contributed by atoms with E-state index < -0.39 is 25.6 Å². The third-order valence-electron chi connectivity index (χ3n) is 5.30. The van der Waals surface area contributed by atoms with Crippen LogP contribution in [0.4, 0.5) is 0 Å². The molecule has 1 unspecified atom stereocenters. The van der Waals surface area contributed by atoms with Crippen LogP contribution in [0.15, 0.2) is 68.2 Å². The normalized spacial score (nSPS) is 20.5. The van der Waals surface area contributed by atoms with Crippen molar-refractivity contribution < 1.29 is 17.7 Å². The summed E-state index contributed by atoms with van der Waals surface area (Å²) in [6.07, 6.45) is 7.55. The maximum Gasteiger partial charge on any atom is 0.317 e. The average molecular weight is 450 g/mol. The van der Waals surface area contributed by atoms with Gasteiger partial charge in [-0.1, -0.05) is 81.3 Å². The molecule has 0 aliphatic carbocycles. The highest BCUT2D eigenvalue weighted by atomic mass is 32.3. The number of hydrogen-bond donors (Lipinski definition) is 0. The Morgan fingerprint density at radius 2 is 1.60 bits per heavy atom. The number of aryl methyl sites for hydroxylation is 1. The molecule has 0 amide bonds. The number of sulfonamides is 1. The standard InChI is InChI=1S/C23H31NO4S2/c1-3-4-5-6-7-11-14-22-23(28-22)29(25,20-12-9-8-10-13-20)24-30(26,27)21-17-15-19(2)16-18-21/h8-10,12-13,15-18,22-23H,3-7,11,14H2,1-2H3/t22-,23-,29?/m0/s1. The minimum absolute atomic E-state index is 0.0462. The first-order valence-corrected chi connectivity index (χ1v) is 13.7. The Morgan fingerprint density at radius 3 is 2.27 bits per heavy atom. The summed E-state index contributed by atoms with van der Waals surface area (Å²) in [6.45, 7) is 4.07. The van der Waals surface area contributed by atoms with Gasteiger partial charge in [-0.25, -0.2) is 0 Å². The van der Waals surface area contributed by atoms with Crippen LogP contribution in [0.2, 0.25) is 0 Å². The van der Waals surface area contributed by atoms with E-state index in [0.29, 0.717) is 4.90 Å². The van der Waals surface area contributed by atoms with Crippen LogP contribution in [0.5, 0.6) is 0 Å². The molecular formula is C23H31NO4S2. The Bertz CT molecular complexity index is 972. The summed E-state index contributed by atoms with van der Waals surface area (Å²) in [7, 11) is -7.35. The van der Waals surface area contributed by atoms with Crippen molar-refractivity contribution in [3.05, 3.63) is 60.2 Å². The van der Waals surface area contributed by atoms with Crippen molar-refractivity contribution in [2.45, 2.75) is 80.1 Å². The van der Waals surface area contributed by atoms with Gasteiger partial charge >= 0.3 is 10.0 Å². The van der Waals surface area contributed by atoms with Gasteiger partial charge in [0.15, 0.2) is 0 Å². The minimum atomic E-state index is -4.08. The summed E-state index contributed by atoms with van der Waals surface area (Å²) in [5.74, 6) is 0. The summed E-state index contributed by atoms with van der Waals surface area (Å²) in [5.41, 5.74) is 0.262. The zero-order valence-corrected chi connectivity index (χ0v) is 19.3. The van der Waals surface area contributed by atoms with Gasteiger partial charge in [-0.2, -0.15) is 8.42 Å². The highest BCUT2D eigenvalue weighted by molar-refractivity contribution is 8.07. The zero-order valence-electron chi connectivity index (χ0n) is 17.7. The lowest BCUT2D eigenvalue weighted by atomic mass is 10.1. The van der Waals surface area contributed by atoms with Gasteiger partial charge in [0.25, 0.3) is 0 Å². The van der Waals surface area contributed by atoms with E-state index in [0.717, 1.165) is 24.8 Å². The highest BCUT2D eigenvalue weighted by Crippen LogP contribution is 2.41. The van der Waals surface area contributed by atoms with Crippen LogP contribution in [0.25, 0.3) is 0 Å². The van der Waals surface area contributed by atoms with Gasteiger partial charge in [0.2, 0.25) is 5.44 Å². The number of epoxide rings is 1. The molecule has 2 aromatic carbocycles. The Kier molecular flexibility index (Phi) is 7.85. The molecule has 0 spiro atoms. The van der Waals surface area contributed by atoms with E-state index in [1.54, 1.807) is 42.5 Å². The van der Waals surface area contributed by atoms with Gasteiger partial charge in [-0.3, -0.25) is 0 Å². The summed E-state index contributed by atoms with van der Waals surface area (Å²) in [4.78, 5) is 0.445. The molecule has 0 saturated carbocycles. The molecule has 0 aromatic heterocycles. The molecule has 1 heterocycles. The first-order chi connectivity index (χ1) is 14.4. The van der Waals surface area contributed by atoms with E-state index in [2.05, 4.69) is 10.7 Å². The van der Waals surface area contributed by atoms with Crippen LogP contribution in [-0.4, -0.2) is 24.5 Å². The van der Waals surface area contributed by atoms with Gasteiger partial charge < -0.3 is 9.29 Å². The largest absolute Gasteiger partial charge is 0.623 e. The van der Waals surface area contributed by atoms with Gasteiger partial charge in [0.1, 0.15) is 11.0 Å². The first kappa shape index (κ1) is 23.1. The van der Waals surface area contributed by atoms with E-state index >= 15 is 0 Å². The third kappa shape index (κ3) is 5.78. The van der Waals surface area contributed by atoms with Crippen LogP contribution in [0.1, 0.15) is 57.4 Å². The summed E-state index contributed by atoms with van der Waals surface area (Å²) < 4.78 is 49.5. The molecule has 0 bridgehead atoms. The smallest absolute Gasteiger partial charge is 0.317 e. The summed E-state index contributed by atoms with van der Waals surface area (Å²) in [6, 6.07) is 15.0. The van der Waals surface area contributed by atoms with Crippen molar-refractivity contribution in [3.8, 4) is 0 Å². The molecule has 7 heteroatoms. The Balaban J connectivity index is 1.80.